The van der Waals surface area contributed by atoms with Gasteiger partial charge in [-0.2, -0.15) is 12.6 Å². The van der Waals surface area contributed by atoms with Gasteiger partial charge in [-0.15, -0.1) is 0 Å². The highest BCUT2D eigenvalue weighted by Crippen LogP contribution is 2.21. The summed E-state index contributed by atoms with van der Waals surface area (Å²) in [6, 6.07) is 1.44. The first-order valence-electron chi connectivity index (χ1n) is 35.1. The molecule has 109 heavy (non-hydrogen) atoms. The zero-order chi connectivity index (χ0) is 80.6. The molecule has 37 nitrogen and oxygen atoms in total. The molecule has 0 aliphatic heterocycles. The first-order valence-corrected chi connectivity index (χ1v) is 35.8. The zero-order valence-corrected chi connectivity index (χ0v) is 61.8. The summed E-state index contributed by atoms with van der Waals surface area (Å²) in [6.45, 7) is 5.65. The lowest BCUT2D eigenvalue weighted by Gasteiger charge is -2.29. The number of rotatable bonds is 46. The molecule has 38 heteroatoms. The number of aliphatic hydroxyl groups excluding tert-OH is 2. The standard InChI is InChI=1S/C71H99N19O18S/c1-6-37(4)59(71(108)86-50(27-42-31-76-35-78-42)64(101)81-47(60(75)97)26-41-30-77-45-17-11-10-16-44(41)45)90-66(103)52(29-57(74)96)84-67(104)53(32-91)87-63(100)48(24-39-14-8-7-9-15-39)83-62(99)49(25-40-19-21-43(94)22-20-40)82-61(98)46(18-12-13-23-72)80-65(102)51(28-56(73)95)85-69(106)55(34-109)89-68(105)54(33-92)88-70(107)58(36(2)3)79-38(5)93/h7-11,14-17,19-22,30-31,35-37,46-55,58-59,77,91-92,94,109H,6,12-13,18,23-29,32-34,72H2,1-5H3,(H2,73,95)(H2,74,96)(H2,75,97)(H,76,78)(H,79,93)(H,80,102)(H,81,101)(H,82,98)(H,83,99)(H,84,104)(H,85,106)(H,86,108)(H,87,100)(H,88,107)(H,89,105)(H,90,103)/t37-,46-,47-,48-,49-,50-,51-,52-,53-,54-,55-,58-,59-/m0/s1. The van der Waals surface area contributed by atoms with Crippen LogP contribution in [0.4, 0.5) is 0 Å². The molecule has 13 atom stereocenters. The fourth-order valence-corrected chi connectivity index (χ4v) is 11.5. The number of fused-ring (bicyclic) bond motifs is 1. The van der Waals surface area contributed by atoms with E-state index < -0.39 is 205 Å². The van der Waals surface area contributed by atoms with Crippen LogP contribution in [-0.2, 0) is 97.6 Å². The minimum absolute atomic E-state index is 0.0355. The Morgan fingerprint density at radius 1 is 0.477 bits per heavy atom. The minimum atomic E-state index is -1.96. The number of carbonyl (C=O) groups is 15. The summed E-state index contributed by atoms with van der Waals surface area (Å²) in [7, 11) is 0. The van der Waals surface area contributed by atoms with Gasteiger partial charge in [0.2, 0.25) is 88.6 Å². The van der Waals surface area contributed by atoms with Crippen LogP contribution in [0.3, 0.4) is 0 Å². The molecule has 5 aromatic rings. The summed E-state index contributed by atoms with van der Waals surface area (Å²) >= 11 is 4.15. The highest BCUT2D eigenvalue weighted by Gasteiger charge is 2.39. The molecule has 0 spiro atoms. The second-order valence-electron chi connectivity index (χ2n) is 26.4. The number of phenols is 1. The van der Waals surface area contributed by atoms with Crippen LogP contribution in [0, 0.1) is 11.8 Å². The van der Waals surface area contributed by atoms with Crippen molar-refractivity contribution in [3.05, 3.63) is 120 Å². The Morgan fingerprint density at radius 2 is 0.917 bits per heavy atom. The molecule has 0 bridgehead atoms. The molecule has 5 rings (SSSR count). The molecule has 3 aromatic carbocycles. The van der Waals surface area contributed by atoms with Crippen LogP contribution in [-0.4, -0.2) is 217 Å². The first kappa shape index (κ1) is 88.1. The summed E-state index contributed by atoms with van der Waals surface area (Å²) in [5, 5.41) is 61.3. The number of primary amides is 3. The number of nitrogens with zero attached hydrogens (tertiary/aromatic N) is 1. The molecule has 0 saturated heterocycles. The number of aromatic nitrogens is 3. The molecule has 25 N–H and O–H groups in total. The number of aliphatic hydroxyl groups is 2. The van der Waals surface area contributed by atoms with Crippen LogP contribution in [0.25, 0.3) is 10.9 Å². The largest absolute Gasteiger partial charge is 0.508 e. The van der Waals surface area contributed by atoms with Gasteiger partial charge in [0, 0.05) is 67.4 Å². The van der Waals surface area contributed by atoms with Crippen molar-refractivity contribution in [1.82, 2.24) is 78.8 Å². The number of nitrogens with two attached hydrogens (primary N) is 4. The van der Waals surface area contributed by atoms with Gasteiger partial charge in [-0.1, -0.05) is 94.8 Å². The number of para-hydroxylation sites is 1. The number of thiol groups is 1. The molecule has 0 radical (unpaired) electrons. The number of carbonyl (C=O) groups excluding carboxylic acids is 15. The molecular weight excluding hydrogens is 1440 g/mol. The molecule has 0 fully saturated rings. The third kappa shape index (κ3) is 28.3. The fraction of sp³-hybridized carbons (Fsp3) is 0.465. The maximum atomic E-state index is 14.9. The van der Waals surface area contributed by atoms with E-state index >= 15 is 0 Å². The molecule has 0 unspecified atom stereocenters. The van der Waals surface area contributed by atoms with E-state index in [9.17, 15) is 87.2 Å². The summed E-state index contributed by atoms with van der Waals surface area (Å²) in [4.78, 5) is 216. The smallest absolute Gasteiger partial charge is 0.245 e. The lowest BCUT2D eigenvalue weighted by atomic mass is 9.96. The van der Waals surface area contributed by atoms with Crippen molar-refractivity contribution in [3.63, 3.8) is 0 Å². The molecule has 592 valence electrons. The van der Waals surface area contributed by atoms with Crippen molar-refractivity contribution in [3.8, 4) is 5.75 Å². The zero-order valence-electron chi connectivity index (χ0n) is 60.9. The monoisotopic (exact) mass is 1540 g/mol. The number of nitrogens with one attached hydrogen (secondary N) is 14. The number of H-pyrrole nitrogens is 2. The molecular formula is C71H99N19O18S. The van der Waals surface area contributed by atoms with Gasteiger partial charge in [-0.05, 0) is 72.5 Å². The molecule has 0 aliphatic carbocycles. The first-order chi connectivity index (χ1) is 51.8. The quantitative estimate of drug-likeness (QED) is 0.0128. The number of unbranched alkanes of at least 4 members (excludes halogenated alkanes) is 1. The molecule has 0 aliphatic rings. The minimum Gasteiger partial charge on any atom is -0.508 e. The number of amides is 15. The van der Waals surface area contributed by atoms with Crippen LogP contribution in [0.5, 0.6) is 5.75 Å². The predicted octanol–water partition coefficient (Wildman–Crippen LogP) is -5.31. The van der Waals surface area contributed by atoms with Crippen molar-refractivity contribution in [2.45, 2.75) is 171 Å². The van der Waals surface area contributed by atoms with Crippen LogP contribution in [0.15, 0.2) is 97.6 Å². The van der Waals surface area contributed by atoms with E-state index in [0.717, 1.165) is 10.9 Å². The third-order valence-corrected chi connectivity index (χ3v) is 17.9. The number of benzene rings is 3. The summed E-state index contributed by atoms with van der Waals surface area (Å²) in [6.07, 6.45) is 2.16. The van der Waals surface area contributed by atoms with Gasteiger partial charge in [-0.25, -0.2) is 4.98 Å². The summed E-state index contributed by atoms with van der Waals surface area (Å²) in [5.41, 5.74) is 25.3. The normalized spacial score (nSPS) is 14.7. The number of phenolic OH excluding ortho intramolecular Hbond substituents is 1. The lowest BCUT2D eigenvalue weighted by Crippen LogP contribution is -2.62. The van der Waals surface area contributed by atoms with Gasteiger partial charge in [0.25, 0.3) is 0 Å². The van der Waals surface area contributed by atoms with E-state index in [2.05, 4.69) is 91.4 Å². The molecule has 15 amide bonds. The van der Waals surface area contributed by atoms with E-state index in [1.807, 2.05) is 18.2 Å². The number of hydrogen-bond acceptors (Lipinski definition) is 21. The Kier molecular flexibility index (Phi) is 35.5. The third-order valence-electron chi connectivity index (χ3n) is 17.5. The SMILES string of the molecule is CC[C@H](C)[C@H](NC(=O)[C@H](CC(N)=O)NC(=O)[C@H](CO)NC(=O)[C@H](Cc1ccccc1)NC(=O)[C@H](Cc1ccc(O)cc1)NC(=O)[C@H](CCCCN)NC(=O)[C@H](CC(N)=O)NC(=O)[C@H](CS)NC(=O)[C@H](CO)NC(=O)[C@@H](NC(C)=O)C(C)C)C(=O)N[C@@H](Cc1cnc[nH]1)C(=O)N[C@@H](Cc1c[nH]c2ccccc12)C(N)=O. The van der Waals surface area contributed by atoms with Gasteiger partial charge in [0.1, 0.15) is 78.3 Å². The van der Waals surface area contributed by atoms with Crippen molar-refractivity contribution in [1.29, 1.82) is 0 Å². The van der Waals surface area contributed by atoms with E-state index in [-0.39, 0.29) is 63.7 Å². The van der Waals surface area contributed by atoms with Crippen LogP contribution in [0.2, 0.25) is 0 Å². The van der Waals surface area contributed by atoms with Crippen molar-refractivity contribution in [2.75, 3.05) is 25.5 Å². The van der Waals surface area contributed by atoms with Crippen LogP contribution < -0.4 is 86.7 Å². The molecule has 0 saturated carbocycles. The van der Waals surface area contributed by atoms with Crippen molar-refractivity contribution < 1.29 is 87.2 Å². The highest BCUT2D eigenvalue weighted by atomic mass is 32.1. The second-order valence-corrected chi connectivity index (χ2v) is 26.8. The average Bonchev–Trinajstić information content (AvgIpc) is 1.79. The maximum Gasteiger partial charge on any atom is 0.245 e. The second kappa shape index (κ2) is 43.9. The van der Waals surface area contributed by atoms with Crippen molar-refractivity contribution >= 4 is 112 Å². The Labute approximate surface area is 632 Å². The predicted molar refractivity (Wildman–Crippen MR) is 397 cm³/mol. The van der Waals surface area contributed by atoms with E-state index in [1.165, 1.54) is 43.7 Å². The highest BCUT2D eigenvalue weighted by molar-refractivity contribution is 7.80. The Balaban J connectivity index is 1.37. The van der Waals surface area contributed by atoms with E-state index in [1.54, 1.807) is 70.3 Å². The van der Waals surface area contributed by atoms with Gasteiger partial charge < -0.3 is 112 Å². The summed E-state index contributed by atoms with van der Waals surface area (Å²) < 4.78 is 0. The Hall–Kier alpha value is -11.5. The van der Waals surface area contributed by atoms with Gasteiger partial charge in [-0.3, -0.25) is 71.9 Å². The number of aromatic hydroxyl groups is 1. The average molecular weight is 1540 g/mol. The number of hydrogen-bond donors (Lipinski definition) is 22. The van der Waals surface area contributed by atoms with E-state index in [0.29, 0.717) is 22.4 Å². The van der Waals surface area contributed by atoms with Crippen molar-refractivity contribution in [2.24, 2.45) is 34.8 Å². The van der Waals surface area contributed by atoms with Crippen LogP contribution >= 0.6 is 12.6 Å². The Bertz CT molecular complexity index is 3960. The van der Waals surface area contributed by atoms with Gasteiger partial charge >= 0.3 is 0 Å². The van der Waals surface area contributed by atoms with Crippen LogP contribution in [0.1, 0.15) is 95.5 Å². The number of aromatic amines is 2. The molecule has 2 aromatic heterocycles. The topological polar surface area (TPSA) is 610 Å². The summed E-state index contributed by atoms with van der Waals surface area (Å²) in [5.74, 6) is -17.2. The molecule has 2 heterocycles. The van der Waals surface area contributed by atoms with Gasteiger partial charge in [0.05, 0.1) is 32.4 Å². The maximum absolute atomic E-state index is 14.9. The van der Waals surface area contributed by atoms with Gasteiger partial charge in [0.15, 0.2) is 0 Å². The van der Waals surface area contributed by atoms with E-state index in [4.69, 9.17) is 22.9 Å². The fourth-order valence-electron chi connectivity index (χ4n) is 11.3. The lowest BCUT2D eigenvalue weighted by molar-refractivity contribution is -0.137. The number of imidazole rings is 1. The Morgan fingerprint density at radius 3 is 1.42 bits per heavy atom.